The van der Waals surface area contributed by atoms with Gasteiger partial charge < -0.3 is 20.3 Å². The number of likely N-dealkylation sites (tertiary alicyclic amines) is 1. The van der Waals surface area contributed by atoms with E-state index in [1.807, 2.05) is 18.5 Å². The molecule has 36 heavy (non-hydrogen) atoms. The molecule has 0 radical (unpaired) electrons. The van der Waals surface area contributed by atoms with Crippen molar-refractivity contribution in [3.05, 3.63) is 29.5 Å². The van der Waals surface area contributed by atoms with Gasteiger partial charge in [-0.25, -0.2) is 19.3 Å². The zero-order valence-electron chi connectivity index (χ0n) is 21.6. The van der Waals surface area contributed by atoms with Crippen LogP contribution >= 0.6 is 11.3 Å². The Morgan fingerprint density at radius 3 is 2.69 bits per heavy atom. The number of amides is 2. The van der Waals surface area contributed by atoms with Crippen molar-refractivity contribution in [3.63, 3.8) is 0 Å². The first-order valence-corrected chi connectivity index (χ1v) is 13.3. The number of carbonyl (C=O) groups is 2. The molecule has 1 saturated heterocycles. The zero-order chi connectivity index (χ0) is 25.9. The van der Waals surface area contributed by atoms with Crippen molar-refractivity contribution >= 4 is 34.0 Å². The molecule has 0 spiro atoms. The summed E-state index contributed by atoms with van der Waals surface area (Å²) in [5.41, 5.74) is 1.13. The van der Waals surface area contributed by atoms with E-state index in [9.17, 15) is 9.59 Å². The van der Waals surface area contributed by atoms with Crippen molar-refractivity contribution in [2.24, 2.45) is 5.41 Å². The average Bonchev–Trinajstić information content (AvgIpc) is 3.46. The van der Waals surface area contributed by atoms with Crippen LogP contribution in [-0.2, 0) is 4.74 Å². The first-order chi connectivity index (χ1) is 17.2. The van der Waals surface area contributed by atoms with Crippen molar-refractivity contribution in [1.29, 1.82) is 0 Å². The number of rotatable bonds is 7. The lowest BCUT2D eigenvalue weighted by Gasteiger charge is -2.32. The maximum atomic E-state index is 13.5. The molecule has 2 N–H and O–H groups in total. The van der Waals surface area contributed by atoms with E-state index in [0.717, 1.165) is 16.8 Å². The highest BCUT2D eigenvalue weighted by Gasteiger charge is 2.28. The molecule has 11 heteroatoms. The zero-order valence-corrected chi connectivity index (χ0v) is 22.4. The molecule has 3 aromatic rings. The van der Waals surface area contributed by atoms with Crippen LogP contribution in [-0.4, -0.2) is 68.3 Å². The summed E-state index contributed by atoms with van der Waals surface area (Å²) in [6, 6.07) is 1.84. The third kappa shape index (κ3) is 5.95. The number of nitrogens with zero attached hydrogens (tertiary/aromatic N) is 5. The first-order valence-electron chi connectivity index (χ1n) is 12.4. The number of thiazole rings is 1. The SMILES string of the molecule is CCCOC(=O)NC1CCN(C(=O)c2cc(N[C@@H](C)C(C)(C)C)nc(-c3cnn4ccsc34)n2)CC1. The Morgan fingerprint density at radius 2 is 2.00 bits per heavy atom. The largest absolute Gasteiger partial charge is 0.450 e. The van der Waals surface area contributed by atoms with Gasteiger partial charge in [-0.15, -0.1) is 11.3 Å². The molecule has 0 aromatic carbocycles. The molecular weight excluding hydrogens is 478 g/mol. The van der Waals surface area contributed by atoms with Gasteiger partial charge in [0.15, 0.2) is 5.82 Å². The fourth-order valence-electron chi connectivity index (χ4n) is 3.86. The average molecular weight is 514 g/mol. The van der Waals surface area contributed by atoms with Gasteiger partial charge in [0.05, 0.1) is 18.4 Å². The maximum Gasteiger partial charge on any atom is 0.407 e. The van der Waals surface area contributed by atoms with E-state index >= 15 is 0 Å². The van der Waals surface area contributed by atoms with Crippen LogP contribution in [0.25, 0.3) is 16.2 Å². The molecule has 4 heterocycles. The van der Waals surface area contributed by atoms with Gasteiger partial charge in [0.25, 0.3) is 5.91 Å². The van der Waals surface area contributed by atoms with Crippen molar-refractivity contribution in [3.8, 4) is 11.4 Å². The Bertz CT molecular complexity index is 1210. The summed E-state index contributed by atoms with van der Waals surface area (Å²) in [5, 5.41) is 12.7. The van der Waals surface area contributed by atoms with E-state index in [1.165, 1.54) is 0 Å². The number of hydrogen-bond acceptors (Lipinski definition) is 8. The Kier molecular flexibility index (Phi) is 7.77. The van der Waals surface area contributed by atoms with Gasteiger partial charge in [0.1, 0.15) is 16.3 Å². The smallest absolute Gasteiger partial charge is 0.407 e. The Hall–Kier alpha value is -3.21. The number of carbonyl (C=O) groups excluding carboxylic acids is 2. The highest BCUT2D eigenvalue weighted by atomic mass is 32.1. The molecule has 0 bridgehead atoms. The summed E-state index contributed by atoms with van der Waals surface area (Å²) in [5.74, 6) is 0.931. The minimum Gasteiger partial charge on any atom is -0.450 e. The molecule has 1 fully saturated rings. The lowest BCUT2D eigenvalue weighted by molar-refractivity contribution is 0.0696. The van der Waals surface area contributed by atoms with Crippen LogP contribution in [0.5, 0.6) is 0 Å². The molecule has 0 saturated carbocycles. The van der Waals surface area contributed by atoms with E-state index in [4.69, 9.17) is 9.72 Å². The number of alkyl carbamates (subject to hydrolysis) is 1. The van der Waals surface area contributed by atoms with Gasteiger partial charge in [0, 0.05) is 42.8 Å². The molecule has 0 unspecified atom stereocenters. The second-order valence-electron chi connectivity index (χ2n) is 10.3. The fraction of sp³-hybridized carbons (Fsp3) is 0.560. The van der Waals surface area contributed by atoms with Crippen LogP contribution in [0.4, 0.5) is 10.6 Å². The molecule has 3 aromatic heterocycles. The standard InChI is InChI=1S/C25H35N7O3S/c1-6-12-35-24(34)28-17-7-9-31(10-8-17)22(33)19-14-20(27-16(2)25(3,4)5)30-21(29-19)18-15-26-32-11-13-36-23(18)32/h11,13-17H,6-10,12H2,1-5H3,(H,28,34)(H,27,29,30)/t16-/m0/s1. The molecule has 1 aliphatic rings. The highest BCUT2D eigenvalue weighted by Crippen LogP contribution is 2.28. The first kappa shape index (κ1) is 25.9. The molecule has 194 valence electrons. The minimum absolute atomic E-state index is 0.00117. The van der Waals surface area contributed by atoms with Crippen LogP contribution in [0, 0.1) is 5.41 Å². The van der Waals surface area contributed by atoms with Crippen LogP contribution < -0.4 is 10.6 Å². The van der Waals surface area contributed by atoms with Gasteiger partial charge in [-0.05, 0) is 31.6 Å². The van der Waals surface area contributed by atoms with Gasteiger partial charge in [-0.2, -0.15) is 5.10 Å². The number of aromatic nitrogens is 4. The summed E-state index contributed by atoms with van der Waals surface area (Å²) in [7, 11) is 0. The summed E-state index contributed by atoms with van der Waals surface area (Å²) < 4.78 is 6.90. The van der Waals surface area contributed by atoms with Gasteiger partial charge in [-0.1, -0.05) is 27.7 Å². The predicted molar refractivity (Wildman–Crippen MR) is 140 cm³/mol. The second kappa shape index (κ2) is 10.8. The quantitative estimate of drug-likeness (QED) is 0.480. The highest BCUT2D eigenvalue weighted by molar-refractivity contribution is 7.16. The van der Waals surface area contributed by atoms with E-state index in [1.54, 1.807) is 33.0 Å². The van der Waals surface area contributed by atoms with Crippen molar-refractivity contribution in [2.75, 3.05) is 25.0 Å². The Balaban J connectivity index is 1.54. The number of hydrogen-bond donors (Lipinski definition) is 2. The van der Waals surface area contributed by atoms with Crippen LogP contribution in [0.15, 0.2) is 23.8 Å². The van der Waals surface area contributed by atoms with Crippen LogP contribution in [0.3, 0.4) is 0 Å². The minimum atomic E-state index is -0.396. The summed E-state index contributed by atoms with van der Waals surface area (Å²) >= 11 is 1.55. The molecule has 1 aliphatic heterocycles. The molecule has 0 aliphatic carbocycles. The molecule has 10 nitrogen and oxygen atoms in total. The van der Waals surface area contributed by atoms with Gasteiger partial charge >= 0.3 is 6.09 Å². The van der Waals surface area contributed by atoms with Gasteiger partial charge in [0.2, 0.25) is 0 Å². The third-order valence-corrected chi connectivity index (χ3v) is 7.41. The van der Waals surface area contributed by atoms with Gasteiger partial charge in [-0.3, -0.25) is 4.79 Å². The third-order valence-electron chi connectivity index (χ3n) is 6.52. The van der Waals surface area contributed by atoms with Crippen molar-refractivity contribution in [1.82, 2.24) is 29.8 Å². The molecule has 1 atom stereocenters. The predicted octanol–water partition coefficient (Wildman–Crippen LogP) is 4.44. The van der Waals surface area contributed by atoms with Crippen molar-refractivity contribution < 1.29 is 14.3 Å². The topological polar surface area (TPSA) is 114 Å². The Labute approximate surface area is 215 Å². The summed E-state index contributed by atoms with van der Waals surface area (Å²) in [4.78, 5) is 37.5. The molecular formula is C25H35N7O3S. The van der Waals surface area contributed by atoms with E-state index in [2.05, 4.69) is 48.4 Å². The van der Waals surface area contributed by atoms with Crippen molar-refractivity contribution in [2.45, 2.75) is 66.0 Å². The number of fused-ring (bicyclic) bond motifs is 1. The van der Waals surface area contributed by atoms with E-state index in [-0.39, 0.29) is 23.4 Å². The molecule has 4 rings (SSSR count). The van der Waals surface area contributed by atoms with Crippen LogP contribution in [0.2, 0.25) is 0 Å². The number of anilines is 1. The number of ether oxygens (including phenoxy) is 1. The Morgan fingerprint density at radius 1 is 1.25 bits per heavy atom. The number of piperidine rings is 1. The maximum absolute atomic E-state index is 13.5. The summed E-state index contributed by atoms with van der Waals surface area (Å²) in [6.07, 6.45) is 5.33. The fourth-order valence-corrected chi connectivity index (χ4v) is 4.65. The summed E-state index contributed by atoms with van der Waals surface area (Å²) in [6.45, 7) is 12.0. The second-order valence-corrected chi connectivity index (χ2v) is 11.1. The lowest BCUT2D eigenvalue weighted by Crippen LogP contribution is -2.46. The number of nitrogens with one attached hydrogen (secondary N) is 2. The van der Waals surface area contributed by atoms with E-state index in [0.29, 0.717) is 49.9 Å². The van der Waals surface area contributed by atoms with Crippen LogP contribution in [0.1, 0.15) is 64.4 Å². The lowest BCUT2D eigenvalue weighted by atomic mass is 9.88. The molecule has 2 amide bonds. The monoisotopic (exact) mass is 513 g/mol. The normalized spacial score (nSPS) is 15.6. The van der Waals surface area contributed by atoms with E-state index < -0.39 is 6.09 Å².